The first-order chi connectivity index (χ1) is 17.0. The van der Waals surface area contributed by atoms with Gasteiger partial charge in [-0.15, -0.1) is 0 Å². The first kappa shape index (κ1) is 27.6. The van der Waals surface area contributed by atoms with Gasteiger partial charge in [-0.2, -0.15) is 0 Å². The Kier molecular flexibility index (Phi) is 6.37. The standard InChI is InChI=1S/C32H52O5/c1-18(16-23(36-19(2)33)27-29(5,6)37-27)20-10-14-31(8)21(20)17-22(34)26-30(7)13-12-25(35)28(3,4)24(30)11-15-32(26,31)9/h18,20-24,26-27,34H,10-17H2,1-9H3/t18-,20?,21?,22+,23?,24+,26+,27-,30+,31+,32+/m1/s1. The maximum absolute atomic E-state index is 12.9. The molecule has 210 valence electrons. The zero-order chi connectivity index (χ0) is 27.3. The molecule has 0 spiro atoms. The molecule has 37 heavy (non-hydrogen) atoms. The molecule has 1 aliphatic heterocycles. The van der Waals surface area contributed by atoms with E-state index >= 15 is 0 Å². The average molecular weight is 517 g/mol. The van der Waals surface area contributed by atoms with Crippen molar-refractivity contribution in [2.24, 2.45) is 51.2 Å². The third-order valence-corrected chi connectivity index (χ3v) is 13.2. The number of esters is 1. The second-order valence-corrected chi connectivity index (χ2v) is 15.7. The van der Waals surface area contributed by atoms with Crippen LogP contribution in [0, 0.1) is 51.2 Å². The molecule has 3 unspecified atom stereocenters. The van der Waals surface area contributed by atoms with Crippen LogP contribution in [0.3, 0.4) is 0 Å². The zero-order valence-electron chi connectivity index (χ0n) is 24.9. The molecule has 5 nitrogen and oxygen atoms in total. The smallest absolute Gasteiger partial charge is 0.302 e. The number of ether oxygens (including phenoxy) is 2. The molecule has 5 aliphatic rings. The molecule has 0 aromatic heterocycles. The molecule has 4 saturated carbocycles. The van der Waals surface area contributed by atoms with Gasteiger partial charge in [-0.3, -0.25) is 9.59 Å². The van der Waals surface area contributed by atoms with Crippen LogP contribution in [0.2, 0.25) is 0 Å². The fourth-order valence-corrected chi connectivity index (χ4v) is 11.1. The van der Waals surface area contributed by atoms with Crippen LogP contribution in [0.1, 0.15) is 114 Å². The van der Waals surface area contributed by atoms with E-state index in [1.54, 1.807) is 0 Å². The van der Waals surface area contributed by atoms with Gasteiger partial charge in [-0.25, -0.2) is 0 Å². The molecule has 0 aromatic rings. The SMILES string of the molecule is CC(=O)OC(C[C@@H](C)C1CC[C@@]2(C)C1C[C@H](O)[C@H]1[C@@]3(C)CCC(=O)C(C)(C)[C@@H]3CC[C@@]12C)[C@H]1OC1(C)C. The summed E-state index contributed by atoms with van der Waals surface area (Å²) in [5, 5.41) is 12.0. The van der Waals surface area contributed by atoms with Gasteiger partial charge in [0.05, 0.1) is 11.7 Å². The van der Waals surface area contributed by atoms with Crippen LogP contribution in [0.25, 0.3) is 0 Å². The van der Waals surface area contributed by atoms with E-state index in [2.05, 4.69) is 55.4 Å². The van der Waals surface area contributed by atoms with E-state index in [0.29, 0.717) is 35.9 Å². The summed E-state index contributed by atoms with van der Waals surface area (Å²) in [4.78, 5) is 24.8. The highest BCUT2D eigenvalue weighted by Crippen LogP contribution is 2.75. The molecule has 1 heterocycles. The lowest BCUT2D eigenvalue weighted by atomic mass is 9.35. The predicted molar refractivity (Wildman–Crippen MR) is 144 cm³/mol. The topological polar surface area (TPSA) is 76.1 Å². The molecule has 0 aromatic carbocycles. The van der Waals surface area contributed by atoms with Gasteiger partial charge in [0.25, 0.3) is 0 Å². The Morgan fingerprint density at radius 2 is 1.68 bits per heavy atom. The fraction of sp³-hybridized carbons (Fsp3) is 0.938. The molecule has 4 aliphatic carbocycles. The molecular weight excluding hydrogens is 464 g/mol. The second kappa shape index (κ2) is 8.53. The van der Waals surface area contributed by atoms with Gasteiger partial charge in [0.2, 0.25) is 0 Å². The summed E-state index contributed by atoms with van der Waals surface area (Å²) < 4.78 is 11.7. The van der Waals surface area contributed by atoms with Crippen molar-refractivity contribution in [3.8, 4) is 0 Å². The Morgan fingerprint density at radius 1 is 1.05 bits per heavy atom. The Hall–Kier alpha value is -0.940. The first-order valence-corrected chi connectivity index (χ1v) is 15.1. The normalized spacial score (nSPS) is 49.3. The van der Waals surface area contributed by atoms with Gasteiger partial charge in [-0.1, -0.05) is 41.5 Å². The summed E-state index contributed by atoms with van der Waals surface area (Å²) in [6, 6.07) is 0. The summed E-state index contributed by atoms with van der Waals surface area (Å²) in [6.07, 6.45) is 7.21. The quantitative estimate of drug-likeness (QED) is 0.340. The summed E-state index contributed by atoms with van der Waals surface area (Å²) in [5.41, 5.74) is -0.307. The number of hydrogen-bond acceptors (Lipinski definition) is 5. The Labute approximate surface area is 224 Å². The maximum Gasteiger partial charge on any atom is 0.302 e. The second-order valence-electron chi connectivity index (χ2n) is 15.7. The first-order valence-electron chi connectivity index (χ1n) is 15.1. The lowest BCUT2D eigenvalue weighted by Gasteiger charge is -2.70. The van der Waals surface area contributed by atoms with E-state index in [9.17, 15) is 14.7 Å². The number of ketones is 1. The van der Waals surface area contributed by atoms with Gasteiger partial charge in [0.15, 0.2) is 0 Å². The van der Waals surface area contributed by atoms with Crippen molar-refractivity contribution < 1.29 is 24.2 Å². The number of Topliss-reactive ketones (excluding diaryl/α,β-unsaturated/α-hetero) is 1. The number of epoxide rings is 1. The molecule has 0 amide bonds. The highest BCUT2D eigenvalue weighted by Gasteiger charge is 2.71. The van der Waals surface area contributed by atoms with Crippen LogP contribution in [0.4, 0.5) is 0 Å². The van der Waals surface area contributed by atoms with Crippen molar-refractivity contribution in [2.75, 3.05) is 0 Å². The van der Waals surface area contributed by atoms with Crippen LogP contribution in [-0.4, -0.2) is 40.8 Å². The van der Waals surface area contributed by atoms with Gasteiger partial charge in [0.1, 0.15) is 18.0 Å². The van der Waals surface area contributed by atoms with Crippen LogP contribution < -0.4 is 0 Å². The predicted octanol–water partition coefficient (Wildman–Crippen LogP) is 6.35. The van der Waals surface area contributed by atoms with Crippen LogP contribution in [-0.2, 0) is 19.1 Å². The largest absolute Gasteiger partial charge is 0.460 e. The van der Waals surface area contributed by atoms with Crippen molar-refractivity contribution in [1.82, 2.24) is 0 Å². The van der Waals surface area contributed by atoms with Gasteiger partial charge >= 0.3 is 5.97 Å². The number of carbonyl (C=O) groups excluding carboxylic acids is 2. The van der Waals surface area contributed by atoms with Gasteiger partial charge in [0, 0.05) is 18.8 Å². The lowest BCUT2D eigenvalue weighted by Crippen LogP contribution is -2.67. The zero-order valence-corrected chi connectivity index (χ0v) is 24.9. The number of carbonyl (C=O) groups is 2. The fourth-order valence-electron chi connectivity index (χ4n) is 11.1. The van der Waals surface area contributed by atoms with Gasteiger partial charge < -0.3 is 14.6 Å². The number of fused-ring (bicyclic) bond motifs is 5. The Balaban J connectivity index is 1.40. The van der Waals surface area contributed by atoms with Crippen LogP contribution in [0.15, 0.2) is 0 Å². The van der Waals surface area contributed by atoms with E-state index in [-0.39, 0.29) is 57.5 Å². The third-order valence-electron chi connectivity index (χ3n) is 13.2. The molecule has 5 rings (SSSR count). The van der Waals surface area contributed by atoms with Crippen LogP contribution in [0.5, 0.6) is 0 Å². The molecule has 11 atom stereocenters. The monoisotopic (exact) mass is 516 g/mol. The minimum Gasteiger partial charge on any atom is -0.460 e. The molecular formula is C32H52O5. The van der Waals surface area contributed by atoms with Crippen molar-refractivity contribution >= 4 is 11.8 Å². The number of aliphatic hydroxyl groups is 1. The van der Waals surface area contributed by atoms with E-state index in [0.717, 1.165) is 32.1 Å². The van der Waals surface area contributed by atoms with Crippen molar-refractivity contribution in [3.63, 3.8) is 0 Å². The number of hydrogen-bond donors (Lipinski definition) is 1. The van der Waals surface area contributed by atoms with E-state index in [4.69, 9.17) is 9.47 Å². The third kappa shape index (κ3) is 3.90. The number of rotatable bonds is 5. The minimum atomic E-state index is -0.331. The summed E-state index contributed by atoms with van der Waals surface area (Å²) >= 11 is 0. The molecule has 0 radical (unpaired) electrons. The highest BCUT2D eigenvalue weighted by atomic mass is 16.6. The molecule has 5 heteroatoms. The average Bonchev–Trinajstić information content (AvgIpc) is 3.27. The summed E-state index contributed by atoms with van der Waals surface area (Å²) in [5.74, 6) is 2.11. The van der Waals surface area contributed by atoms with Crippen LogP contribution >= 0.6 is 0 Å². The highest BCUT2D eigenvalue weighted by molar-refractivity contribution is 5.85. The molecule has 1 N–H and O–H groups in total. The van der Waals surface area contributed by atoms with E-state index in [1.165, 1.54) is 19.8 Å². The van der Waals surface area contributed by atoms with Crippen molar-refractivity contribution in [2.45, 2.75) is 138 Å². The minimum absolute atomic E-state index is 0.00315. The van der Waals surface area contributed by atoms with Crippen molar-refractivity contribution in [1.29, 1.82) is 0 Å². The summed E-state index contributed by atoms with van der Waals surface area (Å²) in [6.45, 7) is 19.7. The number of aliphatic hydroxyl groups excluding tert-OH is 1. The Morgan fingerprint density at radius 3 is 2.27 bits per heavy atom. The Bertz CT molecular complexity index is 955. The van der Waals surface area contributed by atoms with E-state index < -0.39 is 0 Å². The molecule has 1 saturated heterocycles. The van der Waals surface area contributed by atoms with E-state index in [1.807, 2.05) is 0 Å². The maximum atomic E-state index is 12.9. The molecule has 0 bridgehead atoms. The molecule has 5 fully saturated rings. The van der Waals surface area contributed by atoms with Gasteiger partial charge in [-0.05, 0) is 105 Å². The van der Waals surface area contributed by atoms with Crippen molar-refractivity contribution in [3.05, 3.63) is 0 Å². The lowest BCUT2D eigenvalue weighted by molar-refractivity contribution is -0.238. The summed E-state index contributed by atoms with van der Waals surface area (Å²) in [7, 11) is 0.